The fraction of sp³-hybridized carbons (Fsp3) is 0.368. The van der Waals surface area contributed by atoms with Gasteiger partial charge in [0.25, 0.3) is 5.91 Å². The third-order valence-corrected chi connectivity index (χ3v) is 5.31. The number of rotatable bonds is 5. The monoisotopic (exact) mass is 340 g/mol. The first-order chi connectivity index (χ1) is 11.7. The van der Waals surface area contributed by atoms with Crippen LogP contribution in [-0.2, 0) is 12.8 Å². The molecule has 1 amide bonds. The molecule has 0 saturated carbocycles. The van der Waals surface area contributed by atoms with E-state index in [1.54, 1.807) is 35.6 Å². The Bertz CT molecular complexity index is 772. The van der Waals surface area contributed by atoms with Crippen LogP contribution in [-0.4, -0.2) is 12.5 Å². The Labute approximate surface area is 146 Å². The van der Waals surface area contributed by atoms with Crippen LogP contribution in [0.25, 0.3) is 0 Å². The van der Waals surface area contributed by atoms with Gasteiger partial charge in [-0.15, -0.1) is 11.3 Å². The molecule has 0 bridgehead atoms. The van der Waals surface area contributed by atoms with Gasteiger partial charge in [-0.05, 0) is 61.9 Å². The molecule has 5 heteroatoms. The maximum absolute atomic E-state index is 12.5. The molecule has 0 spiro atoms. The highest BCUT2D eigenvalue weighted by atomic mass is 32.1. The van der Waals surface area contributed by atoms with E-state index in [9.17, 15) is 10.1 Å². The first-order valence-electron chi connectivity index (χ1n) is 8.31. The van der Waals surface area contributed by atoms with Crippen molar-refractivity contribution in [3.8, 4) is 11.8 Å². The molecular formula is C19H20N2O2S. The Morgan fingerprint density at radius 3 is 2.75 bits per heavy atom. The molecule has 1 heterocycles. The van der Waals surface area contributed by atoms with Crippen LogP contribution in [0.5, 0.6) is 5.75 Å². The second kappa shape index (κ2) is 7.50. The number of carbonyl (C=O) groups excluding carboxylic acids is 1. The molecule has 124 valence electrons. The minimum atomic E-state index is -0.188. The molecule has 1 aliphatic carbocycles. The molecule has 4 nitrogen and oxygen atoms in total. The third-order valence-electron chi connectivity index (χ3n) is 4.10. The van der Waals surface area contributed by atoms with Gasteiger partial charge in [-0.1, -0.05) is 6.92 Å². The lowest BCUT2D eigenvalue weighted by Crippen LogP contribution is -2.11. The number of nitriles is 1. The van der Waals surface area contributed by atoms with E-state index in [4.69, 9.17) is 4.74 Å². The number of nitrogens with one attached hydrogen (secondary N) is 1. The Balaban J connectivity index is 1.75. The molecule has 1 aliphatic rings. The highest BCUT2D eigenvalue weighted by molar-refractivity contribution is 7.16. The average Bonchev–Trinajstić information content (AvgIpc) is 2.97. The van der Waals surface area contributed by atoms with Crippen LogP contribution in [0.4, 0.5) is 5.00 Å². The van der Waals surface area contributed by atoms with Crippen molar-refractivity contribution < 1.29 is 9.53 Å². The van der Waals surface area contributed by atoms with Crippen molar-refractivity contribution in [2.45, 2.75) is 39.0 Å². The lowest BCUT2D eigenvalue weighted by molar-refractivity contribution is 0.102. The summed E-state index contributed by atoms with van der Waals surface area (Å²) >= 11 is 1.54. The number of nitrogens with zero attached hydrogens (tertiary/aromatic N) is 1. The van der Waals surface area contributed by atoms with Gasteiger partial charge in [-0.2, -0.15) is 5.26 Å². The van der Waals surface area contributed by atoms with Crippen LogP contribution in [0.3, 0.4) is 0 Å². The van der Waals surface area contributed by atoms with Gasteiger partial charge in [0.05, 0.1) is 12.2 Å². The Kier molecular flexibility index (Phi) is 5.17. The molecular weight excluding hydrogens is 320 g/mol. The number of carbonyl (C=O) groups is 1. The summed E-state index contributed by atoms with van der Waals surface area (Å²) in [6.45, 7) is 2.72. The summed E-state index contributed by atoms with van der Waals surface area (Å²) < 4.78 is 5.53. The fourth-order valence-electron chi connectivity index (χ4n) is 2.87. The number of fused-ring (bicyclic) bond motifs is 1. The number of anilines is 1. The van der Waals surface area contributed by atoms with Crippen LogP contribution in [0.2, 0.25) is 0 Å². The molecule has 24 heavy (non-hydrogen) atoms. The predicted molar refractivity (Wildman–Crippen MR) is 95.9 cm³/mol. The lowest BCUT2D eigenvalue weighted by atomic mass is 9.96. The summed E-state index contributed by atoms with van der Waals surface area (Å²) in [5.74, 6) is 0.574. The zero-order valence-corrected chi connectivity index (χ0v) is 14.5. The second-order valence-corrected chi connectivity index (χ2v) is 6.96. The summed E-state index contributed by atoms with van der Waals surface area (Å²) in [6.07, 6.45) is 5.17. The number of hydrogen-bond acceptors (Lipinski definition) is 4. The van der Waals surface area contributed by atoms with Gasteiger partial charge >= 0.3 is 0 Å². The molecule has 0 radical (unpaired) electrons. The number of amides is 1. The van der Waals surface area contributed by atoms with E-state index in [0.29, 0.717) is 22.7 Å². The van der Waals surface area contributed by atoms with Gasteiger partial charge in [0.2, 0.25) is 0 Å². The highest BCUT2D eigenvalue weighted by Gasteiger charge is 2.22. The summed E-state index contributed by atoms with van der Waals surface area (Å²) in [5.41, 5.74) is 2.34. The highest BCUT2D eigenvalue weighted by Crippen LogP contribution is 2.37. The van der Waals surface area contributed by atoms with Crippen LogP contribution in [0.15, 0.2) is 24.3 Å². The van der Waals surface area contributed by atoms with Crippen LogP contribution < -0.4 is 10.1 Å². The summed E-state index contributed by atoms with van der Waals surface area (Å²) in [6, 6.07) is 9.37. The van der Waals surface area contributed by atoms with Crippen LogP contribution in [0, 0.1) is 11.3 Å². The number of thiophene rings is 1. The summed E-state index contributed by atoms with van der Waals surface area (Å²) in [4.78, 5) is 13.7. The van der Waals surface area contributed by atoms with Gasteiger partial charge in [0.1, 0.15) is 16.8 Å². The normalized spacial score (nSPS) is 13.0. The van der Waals surface area contributed by atoms with E-state index >= 15 is 0 Å². The standard InChI is InChI=1S/C19H20N2O2S/c1-2-11-23-14-9-7-13(8-10-14)18(22)21-19-16(12-20)15-5-3-4-6-17(15)24-19/h7-10H,2-6,11H2,1H3,(H,21,22). The van der Waals surface area contributed by atoms with Crippen molar-refractivity contribution in [2.24, 2.45) is 0 Å². The molecule has 0 atom stereocenters. The zero-order valence-electron chi connectivity index (χ0n) is 13.7. The lowest BCUT2D eigenvalue weighted by Gasteiger charge is -2.09. The SMILES string of the molecule is CCCOc1ccc(C(=O)Nc2sc3c(c2C#N)CCCC3)cc1. The van der Waals surface area contributed by atoms with E-state index < -0.39 is 0 Å². The van der Waals surface area contributed by atoms with Crippen LogP contribution in [0.1, 0.15) is 52.5 Å². The first-order valence-corrected chi connectivity index (χ1v) is 9.13. The van der Waals surface area contributed by atoms with Crippen molar-refractivity contribution in [2.75, 3.05) is 11.9 Å². The van der Waals surface area contributed by atoms with E-state index in [1.807, 2.05) is 0 Å². The summed E-state index contributed by atoms with van der Waals surface area (Å²) in [5, 5.41) is 13.0. The van der Waals surface area contributed by atoms with Crippen molar-refractivity contribution >= 4 is 22.2 Å². The molecule has 3 rings (SSSR count). The van der Waals surface area contributed by atoms with Gasteiger partial charge < -0.3 is 10.1 Å². The minimum absolute atomic E-state index is 0.188. The number of benzene rings is 1. The minimum Gasteiger partial charge on any atom is -0.494 e. The third kappa shape index (κ3) is 3.44. The number of ether oxygens (including phenoxy) is 1. The quantitative estimate of drug-likeness (QED) is 0.869. The molecule has 0 saturated heterocycles. The van der Waals surface area contributed by atoms with Crippen molar-refractivity contribution in [1.82, 2.24) is 0 Å². The fourth-order valence-corrected chi connectivity index (χ4v) is 4.10. The Morgan fingerprint density at radius 2 is 2.04 bits per heavy atom. The first kappa shape index (κ1) is 16.5. The molecule has 1 N–H and O–H groups in total. The number of hydrogen-bond donors (Lipinski definition) is 1. The van der Waals surface area contributed by atoms with Crippen molar-refractivity contribution in [3.63, 3.8) is 0 Å². The Hall–Kier alpha value is -2.32. The second-order valence-electron chi connectivity index (χ2n) is 5.85. The summed E-state index contributed by atoms with van der Waals surface area (Å²) in [7, 11) is 0. The molecule has 2 aromatic rings. The van der Waals surface area contributed by atoms with Crippen molar-refractivity contribution in [3.05, 3.63) is 45.8 Å². The van der Waals surface area contributed by atoms with E-state index in [-0.39, 0.29) is 5.91 Å². The molecule has 0 unspecified atom stereocenters. The van der Waals surface area contributed by atoms with Gasteiger partial charge in [0.15, 0.2) is 0 Å². The molecule has 0 aliphatic heterocycles. The average molecular weight is 340 g/mol. The molecule has 1 aromatic heterocycles. The van der Waals surface area contributed by atoms with E-state index in [1.165, 1.54) is 4.88 Å². The molecule has 0 fully saturated rings. The zero-order chi connectivity index (χ0) is 16.9. The van der Waals surface area contributed by atoms with E-state index in [2.05, 4.69) is 18.3 Å². The van der Waals surface area contributed by atoms with Crippen molar-refractivity contribution in [1.29, 1.82) is 5.26 Å². The number of aryl methyl sites for hydroxylation is 1. The maximum atomic E-state index is 12.5. The topological polar surface area (TPSA) is 62.1 Å². The van der Waals surface area contributed by atoms with Gasteiger partial charge in [-0.25, -0.2) is 0 Å². The van der Waals surface area contributed by atoms with Gasteiger partial charge in [-0.3, -0.25) is 4.79 Å². The Morgan fingerprint density at radius 1 is 1.29 bits per heavy atom. The van der Waals surface area contributed by atoms with E-state index in [0.717, 1.165) is 43.4 Å². The molecule has 1 aromatic carbocycles. The predicted octanol–water partition coefficient (Wildman–Crippen LogP) is 4.54. The van der Waals surface area contributed by atoms with Crippen LogP contribution >= 0.6 is 11.3 Å². The maximum Gasteiger partial charge on any atom is 0.256 e. The van der Waals surface area contributed by atoms with Gasteiger partial charge in [0, 0.05) is 10.4 Å². The largest absolute Gasteiger partial charge is 0.494 e. The smallest absolute Gasteiger partial charge is 0.256 e.